The quantitative estimate of drug-likeness (QED) is 0.775. The van der Waals surface area contributed by atoms with Crippen LogP contribution in [-0.2, 0) is 6.54 Å². The number of aromatic nitrogens is 3. The second-order valence-corrected chi connectivity index (χ2v) is 3.22. The van der Waals surface area contributed by atoms with E-state index in [-0.39, 0.29) is 0 Å². The first-order valence-corrected chi connectivity index (χ1v) is 4.38. The third-order valence-electron chi connectivity index (χ3n) is 2.09. The summed E-state index contributed by atoms with van der Waals surface area (Å²) in [5, 5.41) is 17.0. The van der Waals surface area contributed by atoms with E-state index in [0.717, 1.165) is 11.1 Å². The molecule has 0 aliphatic carbocycles. The molecule has 0 fully saturated rings. The molecular formula is C10H11N3O. The fourth-order valence-corrected chi connectivity index (χ4v) is 1.26. The number of benzene rings is 1. The molecule has 0 unspecified atom stereocenters. The van der Waals surface area contributed by atoms with Crippen molar-refractivity contribution in [2.24, 2.45) is 0 Å². The van der Waals surface area contributed by atoms with Crippen LogP contribution < -0.4 is 0 Å². The third kappa shape index (κ3) is 1.74. The van der Waals surface area contributed by atoms with E-state index in [9.17, 15) is 5.11 Å². The third-order valence-corrected chi connectivity index (χ3v) is 2.09. The van der Waals surface area contributed by atoms with Crippen LogP contribution in [0.5, 0.6) is 5.75 Å². The molecule has 0 aliphatic heterocycles. The highest BCUT2D eigenvalue weighted by Gasteiger charge is 1.99. The van der Waals surface area contributed by atoms with Crippen LogP contribution in [0.15, 0.2) is 30.6 Å². The van der Waals surface area contributed by atoms with Gasteiger partial charge in [-0.05, 0) is 24.1 Å². The Balaban J connectivity index is 2.22. The Morgan fingerprint density at radius 2 is 2.29 bits per heavy atom. The number of aryl methyl sites for hydroxylation is 1. The molecule has 0 aliphatic rings. The van der Waals surface area contributed by atoms with Crippen molar-refractivity contribution in [3.05, 3.63) is 41.7 Å². The molecule has 1 N–H and O–H groups in total. The molecule has 4 heteroatoms. The monoisotopic (exact) mass is 189 g/mol. The molecule has 0 saturated carbocycles. The summed E-state index contributed by atoms with van der Waals surface area (Å²) in [6, 6.07) is 5.61. The fraction of sp³-hybridized carbons (Fsp3) is 0.200. The number of aromatic hydroxyl groups is 1. The van der Waals surface area contributed by atoms with Crippen LogP contribution in [0, 0.1) is 6.92 Å². The molecule has 1 aromatic carbocycles. The summed E-state index contributed by atoms with van der Waals surface area (Å²) in [6.45, 7) is 2.50. The maximum Gasteiger partial charge on any atom is 0.118 e. The van der Waals surface area contributed by atoms with Crippen molar-refractivity contribution in [3.63, 3.8) is 0 Å². The van der Waals surface area contributed by atoms with Gasteiger partial charge in [-0.25, -0.2) is 4.68 Å². The fourth-order valence-electron chi connectivity index (χ4n) is 1.26. The molecule has 0 atom stereocenters. The number of phenols is 1. The standard InChI is InChI=1S/C10H11N3O/c1-8-2-3-9(6-10(8)14)7-13-5-4-11-12-13/h2-6,14H,7H2,1H3. The van der Waals surface area contributed by atoms with Crippen LogP contribution >= 0.6 is 0 Å². The number of hydrogen-bond donors (Lipinski definition) is 1. The van der Waals surface area contributed by atoms with E-state index >= 15 is 0 Å². The number of hydrogen-bond acceptors (Lipinski definition) is 3. The molecular weight excluding hydrogens is 178 g/mol. The smallest absolute Gasteiger partial charge is 0.118 e. The molecule has 2 rings (SSSR count). The maximum absolute atomic E-state index is 9.48. The van der Waals surface area contributed by atoms with Crippen LogP contribution in [0.25, 0.3) is 0 Å². The lowest BCUT2D eigenvalue weighted by Crippen LogP contribution is -2.00. The summed E-state index contributed by atoms with van der Waals surface area (Å²) in [5.41, 5.74) is 1.89. The summed E-state index contributed by atoms with van der Waals surface area (Å²) >= 11 is 0. The van der Waals surface area contributed by atoms with E-state index in [0.29, 0.717) is 12.3 Å². The Bertz CT molecular complexity index is 423. The molecule has 14 heavy (non-hydrogen) atoms. The number of rotatable bonds is 2. The lowest BCUT2D eigenvalue weighted by atomic mass is 10.1. The number of nitrogens with zero attached hydrogens (tertiary/aromatic N) is 3. The molecule has 0 spiro atoms. The van der Waals surface area contributed by atoms with E-state index in [1.54, 1.807) is 23.1 Å². The molecule has 0 saturated heterocycles. The van der Waals surface area contributed by atoms with Gasteiger partial charge < -0.3 is 5.11 Å². The number of phenolic OH excluding ortho intramolecular Hbond substituents is 1. The molecule has 1 aromatic heterocycles. The first kappa shape index (κ1) is 8.74. The Labute approximate surface area is 81.8 Å². The Morgan fingerprint density at radius 1 is 1.43 bits per heavy atom. The minimum atomic E-state index is 0.322. The second-order valence-electron chi connectivity index (χ2n) is 3.22. The predicted molar refractivity (Wildman–Crippen MR) is 52.0 cm³/mol. The van der Waals surface area contributed by atoms with Crippen LogP contribution in [-0.4, -0.2) is 20.1 Å². The first-order chi connectivity index (χ1) is 6.75. The topological polar surface area (TPSA) is 50.9 Å². The highest BCUT2D eigenvalue weighted by atomic mass is 16.3. The Kier molecular flexibility index (Phi) is 2.18. The molecule has 0 bridgehead atoms. The second kappa shape index (κ2) is 3.49. The zero-order chi connectivity index (χ0) is 9.97. The van der Waals surface area contributed by atoms with Gasteiger partial charge in [-0.2, -0.15) is 0 Å². The maximum atomic E-state index is 9.48. The van der Waals surface area contributed by atoms with Crippen LogP contribution in [0.3, 0.4) is 0 Å². The van der Waals surface area contributed by atoms with Crippen molar-refractivity contribution < 1.29 is 5.11 Å². The van der Waals surface area contributed by atoms with Crippen LogP contribution in [0.1, 0.15) is 11.1 Å². The van der Waals surface area contributed by atoms with E-state index in [1.807, 2.05) is 19.1 Å². The van der Waals surface area contributed by atoms with Gasteiger partial charge in [-0.15, -0.1) is 5.10 Å². The molecule has 0 radical (unpaired) electrons. The highest BCUT2D eigenvalue weighted by Crippen LogP contribution is 2.17. The lowest BCUT2D eigenvalue weighted by Gasteiger charge is -2.03. The SMILES string of the molecule is Cc1ccc(Cn2ccnn2)cc1O. The Morgan fingerprint density at radius 3 is 2.93 bits per heavy atom. The van der Waals surface area contributed by atoms with Gasteiger partial charge >= 0.3 is 0 Å². The average molecular weight is 189 g/mol. The van der Waals surface area contributed by atoms with Crippen molar-refractivity contribution >= 4 is 0 Å². The largest absolute Gasteiger partial charge is 0.508 e. The zero-order valence-corrected chi connectivity index (χ0v) is 7.88. The average Bonchev–Trinajstić information content (AvgIpc) is 2.64. The van der Waals surface area contributed by atoms with Gasteiger partial charge in [-0.3, -0.25) is 0 Å². The van der Waals surface area contributed by atoms with Gasteiger partial charge in [0.2, 0.25) is 0 Å². The van der Waals surface area contributed by atoms with Crippen molar-refractivity contribution in [2.75, 3.05) is 0 Å². The molecule has 72 valence electrons. The van der Waals surface area contributed by atoms with Gasteiger partial charge in [-0.1, -0.05) is 17.3 Å². The normalized spacial score (nSPS) is 10.4. The van der Waals surface area contributed by atoms with Crippen molar-refractivity contribution in [1.29, 1.82) is 0 Å². The van der Waals surface area contributed by atoms with E-state index in [2.05, 4.69) is 10.3 Å². The van der Waals surface area contributed by atoms with Gasteiger partial charge in [0.15, 0.2) is 0 Å². The summed E-state index contributed by atoms with van der Waals surface area (Å²) in [4.78, 5) is 0. The molecule has 1 heterocycles. The summed E-state index contributed by atoms with van der Waals surface area (Å²) in [5.74, 6) is 0.322. The van der Waals surface area contributed by atoms with Crippen molar-refractivity contribution in [3.8, 4) is 5.75 Å². The van der Waals surface area contributed by atoms with Crippen LogP contribution in [0.4, 0.5) is 0 Å². The summed E-state index contributed by atoms with van der Waals surface area (Å²) in [6.07, 6.45) is 3.42. The summed E-state index contributed by atoms with van der Waals surface area (Å²) < 4.78 is 1.71. The molecule has 2 aromatic rings. The molecule has 0 amide bonds. The lowest BCUT2D eigenvalue weighted by molar-refractivity contribution is 0.469. The van der Waals surface area contributed by atoms with Gasteiger partial charge in [0, 0.05) is 6.20 Å². The predicted octanol–water partition coefficient (Wildman–Crippen LogP) is 1.34. The highest BCUT2D eigenvalue weighted by molar-refractivity contribution is 5.35. The first-order valence-electron chi connectivity index (χ1n) is 4.38. The zero-order valence-electron chi connectivity index (χ0n) is 7.88. The van der Waals surface area contributed by atoms with Gasteiger partial charge in [0.05, 0.1) is 12.7 Å². The minimum Gasteiger partial charge on any atom is -0.508 e. The van der Waals surface area contributed by atoms with E-state index in [4.69, 9.17) is 0 Å². The van der Waals surface area contributed by atoms with Crippen molar-refractivity contribution in [1.82, 2.24) is 15.0 Å². The van der Waals surface area contributed by atoms with Gasteiger partial charge in [0.25, 0.3) is 0 Å². The minimum absolute atomic E-state index is 0.322. The van der Waals surface area contributed by atoms with Crippen molar-refractivity contribution in [2.45, 2.75) is 13.5 Å². The van der Waals surface area contributed by atoms with E-state index in [1.165, 1.54) is 0 Å². The van der Waals surface area contributed by atoms with Gasteiger partial charge in [0.1, 0.15) is 5.75 Å². The van der Waals surface area contributed by atoms with E-state index < -0.39 is 0 Å². The molecule has 4 nitrogen and oxygen atoms in total. The summed E-state index contributed by atoms with van der Waals surface area (Å²) in [7, 11) is 0. The Hall–Kier alpha value is -1.84. The van der Waals surface area contributed by atoms with Crippen LogP contribution in [0.2, 0.25) is 0 Å².